The summed E-state index contributed by atoms with van der Waals surface area (Å²) in [6.07, 6.45) is 6.21. The topological polar surface area (TPSA) is 108 Å². The van der Waals surface area contributed by atoms with Gasteiger partial charge in [0.1, 0.15) is 5.82 Å². The van der Waals surface area contributed by atoms with E-state index < -0.39 is 0 Å². The van der Waals surface area contributed by atoms with Gasteiger partial charge in [-0.3, -0.25) is 14.5 Å². The number of carbonyl (C=O) groups excluding carboxylic acids is 1. The predicted molar refractivity (Wildman–Crippen MR) is 110 cm³/mol. The molecule has 0 aliphatic carbocycles. The summed E-state index contributed by atoms with van der Waals surface area (Å²) < 4.78 is 6.48. The molecule has 1 amide bonds. The number of rotatable bonds is 5. The first-order chi connectivity index (χ1) is 14.5. The highest BCUT2D eigenvalue weighted by molar-refractivity contribution is 5.94. The molecule has 0 unspecified atom stereocenters. The van der Waals surface area contributed by atoms with E-state index in [1.165, 1.54) is 0 Å². The van der Waals surface area contributed by atoms with Gasteiger partial charge >= 0.3 is 0 Å². The molecule has 1 aromatic carbocycles. The van der Waals surface area contributed by atoms with Crippen LogP contribution in [0, 0.1) is 18.8 Å². The van der Waals surface area contributed by atoms with Crippen LogP contribution in [0.2, 0.25) is 0 Å². The van der Waals surface area contributed by atoms with Crippen LogP contribution in [0.15, 0.2) is 36.7 Å². The fourth-order valence-electron chi connectivity index (χ4n) is 5.29. The Labute approximate surface area is 175 Å². The smallest absolute Gasteiger partial charge is 0.290 e. The predicted octanol–water partition coefficient (Wildman–Crippen LogP) is 1.83. The first-order valence-electron chi connectivity index (χ1n) is 10.4. The molecule has 1 aromatic heterocycles. The van der Waals surface area contributed by atoms with Gasteiger partial charge in [-0.2, -0.15) is 0 Å². The van der Waals surface area contributed by atoms with Gasteiger partial charge in [0, 0.05) is 49.4 Å². The maximum absolute atomic E-state index is 12.5. The van der Waals surface area contributed by atoms with E-state index in [1.807, 2.05) is 37.4 Å². The van der Waals surface area contributed by atoms with Crippen molar-refractivity contribution in [2.24, 2.45) is 11.8 Å². The molecule has 0 radical (unpaired) electrons. The van der Waals surface area contributed by atoms with Gasteiger partial charge in [0.05, 0.1) is 18.2 Å². The number of carbonyl (C=O) groups is 2. The number of aromatic nitrogens is 2. The Morgan fingerprint density at radius 1 is 1.43 bits per heavy atom. The maximum Gasteiger partial charge on any atom is 0.290 e. The number of aromatic amines is 1. The van der Waals surface area contributed by atoms with Crippen molar-refractivity contribution < 1.29 is 19.4 Å². The minimum Gasteiger partial charge on any atom is -0.483 e. The Bertz CT molecular complexity index is 870. The molecule has 160 valence electrons. The van der Waals surface area contributed by atoms with Crippen LogP contribution >= 0.6 is 0 Å². The molecule has 3 fully saturated rings. The van der Waals surface area contributed by atoms with Gasteiger partial charge in [-0.25, -0.2) is 4.98 Å². The van der Waals surface area contributed by atoms with Crippen LogP contribution in [0.1, 0.15) is 34.6 Å². The average Bonchev–Trinajstić information content (AvgIpc) is 3.49. The lowest BCUT2D eigenvalue weighted by atomic mass is 9.73. The number of fused-ring (bicyclic) bond motifs is 1. The number of benzene rings is 1. The Morgan fingerprint density at radius 3 is 2.90 bits per heavy atom. The van der Waals surface area contributed by atoms with Gasteiger partial charge in [-0.15, -0.1) is 0 Å². The number of amides is 1. The van der Waals surface area contributed by atoms with Crippen LogP contribution < -0.4 is 5.32 Å². The van der Waals surface area contributed by atoms with Crippen molar-refractivity contribution in [3.63, 3.8) is 0 Å². The minimum absolute atomic E-state index is 0.0114. The molecule has 2 aromatic rings. The molecule has 4 heterocycles. The summed E-state index contributed by atoms with van der Waals surface area (Å²) in [7, 11) is 0. The van der Waals surface area contributed by atoms with E-state index in [2.05, 4.69) is 20.2 Å². The minimum atomic E-state index is -0.250. The second-order valence-corrected chi connectivity index (χ2v) is 8.42. The van der Waals surface area contributed by atoms with Gasteiger partial charge in [0.15, 0.2) is 0 Å². The molecule has 3 N–H and O–H groups in total. The lowest BCUT2D eigenvalue weighted by Gasteiger charge is -2.29. The monoisotopic (exact) mass is 412 g/mol. The van der Waals surface area contributed by atoms with Crippen molar-refractivity contribution >= 4 is 12.4 Å². The van der Waals surface area contributed by atoms with Gasteiger partial charge in [-0.1, -0.05) is 17.7 Å². The van der Waals surface area contributed by atoms with E-state index in [9.17, 15) is 4.79 Å². The Morgan fingerprint density at radius 2 is 2.20 bits per heavy atom. The molecule has 5 rings (SSSR count). The van der Waals surface area contributed by atoms with Crippen LogP contribution in [0.3, 0.4) is 0 Å². The zero-order valence-corrected chi connectivity index (χ0v) is 17.1. The molecule has 4 atom stereocenters. The Balaban J connectivity index is 0.000000687. The quantitative estimate of drug-likeness (QED) is 0.647. The molecule has 2 bridgehead atoms. The van der Waals surface area contributed by atoms with Gasteiger partial charge in [0.25, 0.3) is 12.4 Å². The van der Waals surface area contributed by atoms with Crippen molar-refractivity contribution in [2.45, 2.75) is 38.0 Å². The number of carboxylic acid groups (broad SMARTS) is 1. The number of aryl methyl sites for hydroxylation is 1. The summed E-state index contributed by atoms with van der Waals surface area (Å²) in [5, 5.41) is 10.0. The molecular formula is C22H28N4O4. The lowest BCUT2D eigenvalue weighted by molar-refractivity contribution is -0.122. The number of likely N-dealkylation sites (tertiary alicyclic amines) is 1. The number of imidazole rings is 1. The van der Waals surface area contributed by atoms with E-state index in [-0.39, 0.29) is 18.0 Å². The second kappa shape index (κ2) is 8.57. The number of hydrogen-bond donors (Lipinski definition) is 3. The normalized spacial score (nSPS) is 29.2. The molecule has 3 aliphatic rings. The number of nitrogens with one attached hydrogen (secondary N) is 2. The van der Waals surface area contributed by atoms with Crippen LogP contribution in [-0.2, 0) is 16.1 Å². The third-order valence-corrected chi connectivity index (χ3v) is 6.59. The van der Waals surface area contributed by atoms with Crippen LogP contribution in [0.4, 0.5) is 0 Å². The number of H-pyrrole nitrogens is 1. The molecule has 0 saturated carbocycles. The largest absolute Gasteiger partial charge is 0.483 e. The van der Waals surface area contributed by atoms with E-state index in [0.717, 1.165) is 49.4 Å². The summed E-state index contributed by atoms with van der Waals surface area (Å²) in [5.41, 5.74) is 1.87. The SMILES string of the molecule is Cc1ccc(C(=O)NC[C@H]2[C@H]3CN(Cc4ncc[nH]4)C[C@]34CC[C@H]2O4)cc1.O=CO. The highest BCUT2D eigenvalue weighted by Gasteiger charge is 2.62. The fourth-order valence-corrected chi connectivity index (χ4v) is 5.29. The molecule has 3 saturated heterocycles. The van der Waals surface area contributed by atoms with Gasteiger partial charge in [0.2, 0.25) is 0 Å². The van der Waals surface area contributed by atoms with Crippen LogP contribution in [0.25, 0.3) is 0 Å². The van der Waals surface area contributed by atoms with Crippen LogP contribution in [-0.4, -0.2) is 63.7 Å². The second-order valence-electron chi connectivity index (χ2n) is 8.42. The molecule has 8 heteroatoms. The molecule has 30 heavy (non-hydrogen) atoms. The van der Waals surface area contributed by atoms with E-state index in [0.29, 0.717) is 24.5 Å². The van der Waals surface area contributed by atoms with Crippen molar-refractivity contribution in [1.82, 2.24) is 20.2 Å². The van der Waals surface area contributed by atoms with E-state index in [1.54, 1.807) is 6.20 Å². The third-order valence-electron chi connectivity index (χ3n) is 6.59. The highest BCUT2D eigenvalue weighted by Crippen LogP contribution is 2.54. The van der Waals surface area contributed by atoms with E-state index in [4.69, 9.17) is 14.6 Å². The molecule has 1 spiro atoms. The van der Waals surface area contributed by atoms with Crippen LogP contribution in [0.5, 0.6) is 0 Å². The zero-order valence-electron chi connectivity index (χ0n) is 17.1. The van der Waals surface area contributed by atoms with E-state index >= 15 is 0 Å². The lowest BCUT2D eigenvalue weighted by Crippen LogP contribution is -2.41. The summed E-state index contributed by atoms with van der Waals surface area (Å²) in [5.74, 6) is 1.90. The Kier molecular flexibility index (Phi) is 5.87. The number of ether oxygens (including phenoxy) is 1. The van der Waals surface area contributed by atoms with Crippen molar-refractivity contribution in [3.8, 4) is 0 Å². The summed E-state index contributed by atoms with van der Waals surface area (Å²) in [6.45, 7) is 5.29. The molecule has 3 aliphatic heterocycles. The maximum atomic E-state index is 12.5. The summed E-state index contributed by atoms with van der Waals surface area (Å²) in [4.78, 5) is 30.9. The Hall–Kier alpha value is -2.71. The first-order valence-corrected chi connectivity index (χ1v) is 10.4. The van der Waals surface area contributed by atoms with Crippen molar-refractivity contribution in [3.05, 3.63) is 53.6 Å². The number of hydrogen-bond acceptors (Lipinski definition) is 5. The third kappa shape index (κ3) is 3.97. The fraction of sp³-hybridized carbons (Fsp3) is 0.500. The number of nitrogens with zero attached hydrogens (tertiary/aromatic N) is 2. The van der Waals surface area contributed by atoms with Gasteiger partial charge < -0.3 is 20.1 Å². The molecular weight excluding hydrogens is 384 g/mol. The van der Waals surface area contributed by atoms with Gasteiger partial charge in [-0.05, 0) is 31.9 Å². The highest BCUT2D eigenvalue weighted by atomic mass is 16.5. The van der Waals surface area contributed by atoms with Crippen molar-refractivity contribution in [1.29, 1.82) is 0 Å². The van der Waals surface area contributed by atoms with Crippen molar-refractivity contribution in [2.75, 3.05) is 19.6 Å². The first kappa shape index (κ1) is 20.6. The zero-order chi connectivity index (χ0) is 21.1. The average molecular weight is 412 g/mol. The summed E-state index contributed by atoms with van der Waals surface area (Å²) in [6, 6.07) is 7.75. The standard InChI is InChI=1S/C21H26N4O2.CH2O2/c1-14-2-4-15(5-3-14)20(26)24-10-16-17-11-25(12-19-22-8-9-23-19)13-21(17)7-6-18(16)27-21;2-1-3/h2-5,8-9,16-18H,6-7,10-13H2,1H3,(H,22,23)(H,24,26);1H,(H,2,3)/t16-,17+,18+,21+;/m0./s1. The summed E-state index contributed by atoms with van der Waals surface area (Å²) >= 11 is 0. The molecule has 8 nitrogen and oxygen atoms in total.